The number of hydrogen-bond donors (Lipinski definition) is 1. The maximum atomic E-state index is 12.2. The van der Waals surface area contributed by atoms with Gasteiger partial charge < -0.3 is 19.4 Å². The van der Waals surface area contributed by atoms with Crippen LogP contribution < -0.4 is 5.32 Å². The highest BCUT2D eigenvalue weighted by Crippen LogP contribution is 2.15. The molecule has 138 valence electrons. The highest BCUT2D eigenvalue weighted by atomic mass is 16.2. The molecule has 0 radical (unpaired) electrons. The summed E-state index contributed by atoms with van der Waals surface area (Å²) in [5.41, 5.74) is 1.24. The normalized spacial score (nSPS) is 11.0. The van der Waals surface area contributed by atoms with Crippen molar-refractivity contribution in [2.75, 3.05) is 20.1 Å². The second-order valence-electron chi connectivity index (χ2n) is 6.63. The van der Waals surface area contributed by atoms with Gasteiger partial charge in [0.05, 0.1) is 0 Å². The van der Waals surface area contributed by atoms with E-state index in [9.17, 15) is 4.79 Å². The Labute approximate surface area is 154 Å². The summed E-state index contributed by atoms with van der Waals surface area (Å²) in [6.07, 6.45) is 8.55. The fourth-order valence-corrected chi connectivity index (χ4v) is 3.13. The summed E-state index contributed by atoms with van der Waals surface area (Å²) in [6, 6.07) is 10.5. The predicted octanol–water partition coefficient (Wildman–Crippen LogP) is 3.04. The molecule has 0 saturated carbocycles. The van der Waals surface area contributed by atoms with E-state index in [4.69, 9.17) is 0 Å². The Balaban J connectivity index is 1.35. The van der Waals surface area contributed by atoms with Crippen molar-refractivity contribution in [2.45, 2.75) is 25.8 Å². The van der Waals surface area contributed by atoms with Crippen molar-refractivity contribution in [3.63, 3.8) is 0 Å². The van der Waals surface area contributed by atoms with Crippen LogP contribution in [0.2, 0.25) is 0 Å². The summed E-state index contributed by atoms with van der Waals surface area (Å²) < 4.78 is 4.25. The van der Waals surface area contributed by atoms with E-state index in [-0.39, 0.29) is 6.03 Å². The fourth-order valence-electron chi connectivity index (χ4n) is 3.13. The zero-order valence-corrected chi connectivity index (χ0v) is 15.6. The van der Waals surface area contributed by atoms with Crippen LogP contribution in [-0.2, 0) is 20.0 Å². The van der Waals surface area contributed by atoms with Gasteiger partial charge in [-0.15, -0.1) is 0 Å². The van der Waals surface area contributed by atoms with Gasteiger partial charge in [0.15, 0.2) is 0 Å². The average Bonchev–Trinajstić information content (AvgIpc) is 3.25. The van der Waals surface area contributed by atoms with Crippen LogP contribution in [-0.4, -0.2) is 45.2 Å². The van der Waals surface area contributed by atoms with Crippen molar-refractivity contribution in [1.82, 2.24) is 24.3 Å². The van der Waals surface area contributed by atoms with E-state index in [2.05, 4.69) is 51.4 Å². The highest BCUT2D eigenvalue weighted by molar-refractivity contribution is 5.79. The topological polar surface area (TPSA) is 55.1 Å². The Hall–Kier alpha value is -2.76. The lowest BCUT2D eigenvalue weighted by molar-refractivity contribution is 0.208. The Morgan fingerprint density at radius 3 is 2.85 bits per heavy atom. The molecule has 0 atom stereocenters. The minimum Gasteiger partial charge on any atom is -0.347 e. The molecule has 0 unspecified atom stereocenters. The van der Waals surface area contributed by atoms with E-state index in [1.54, 1.807) is 11.1 Å². The van der Waals surface area contributed by atoms with E-state index in [1.807, 2.05) is 24.9 Å². The zero-order valence-electron chi connectivity index (χ0n) is 15.6. The number of fused-ring (bicyclic) bond motifs is 1. The van der Waals surface area contributed by atoms with Crippen molar-refractivity contribution in [3.05, 3.63) is 54.7 Å². The molecule has 6 heteroatoms. The van der Waals surface area contributed by atoms with Gasteiger partial charge in [-0.2, -0.15) is 0 Å². The second kappa shape index (κ2) is 8.56. The molecule has 2 aromatic heterocycles. The third-order valence-electron chi connectivity index (χ3n) is 4.69. The number of amides is 2. The molecule has 0 saturated heterocycles. The van der Waals surface area contributed by atoms with Crippen molar-refractivity contribution >= 4 is 16.9 Å². The zero-order chi connectivity index (χ0) is 18.4. The van der Waals surface area contributed by atoms with Crippen LogP contribution in [0.5, 0.6) is 0 Å². The maximum Gasteiger partial charge on any atom is 0.317 e. The number of aryl methyl sites for hydroxylation is 3. The van der Waals surface area contributed by atoms with Gasteiger partial charge in [-0.3, -0.25) is 0 Å². The summed E-state index contributed by atoms with van der Waals surface area (Å²) in [5, 5.41) is 4.25. The van der Waals surface area contributed by atoms with Gasteiger partial charge in [0.2, 0.25) is 0 Å². The number of urea groups is 1. The number of aromatic nitrogens is 3. The van der Waals surface area contributed by atoms with Gasteiger partial charge in [-0.1, -0.05) is 18.2 Å². The number of nitrogens with zero attached hydrogens (tertiary/aromatic N) is 4. The molecule has 1 N–H and O–H groups in total. The number of hydrogen-bond acceptors (Lipinski definition) is 2. The Morgan fingerprint density at radius 1 is 1.19 bits per heavy atom. The smallest absolute Gasteiger partial charge is 0.317 e. The SMILES string of the molecule is CN(CCCc1nccn1C)C(=O)NCCCn1ccc2ccccc21. The average molecular weight is 353 g/mol. The molecule has 6 nitrogen and oxygen atoms in total. The number of imidazole rings is 1. The molecule has 0 aliphatic rings. The summed E-state index contributed by atoms with van der Waals surface area (Å²) in [4.78, 5) is 18.2. The molecule has 0 aliphatic carbocycles. The first kappa shape index (κ1) is 18.0. The van der Waals surface area contributed by atoms with Crippen LogP contribution in [0.15, 0.2) is 48.9 Å². The van der Waals surface area contributed by atoms with Gasteiger partial charge in [0, 0.05) is 64.3 Å². The number of para-hydroxylation sites is 1. The van der Waals surface area contributed by atoms with Crippen LogP contribution in [0.25, 0.3) is 10.9 Å². The Kier molecular flexibility index (Phi) is 5.94. The number of rotatable bonds is 8. The molecule has 2 amide bonds. The Bertz CT molecular complexity index is 851. The van der Waals surface area contributed by atoms with Crippen LogP contribution in [0.4, 0.5) is 4.79 Å². The highest BCUT2D eigenvalue weighted by Gasteiger charge is 2.08. The van der Waals surface area contributed by atoms with Crippen molar-refractivity contribution < 1.29 is 4.79 Å². The Morgan fingerprint density at radius 2 is 2.04 bits per heavy atom. The lowest BCUT2D eigenvalue weighted by atomic mass is 10.2. The van der Waals surface area contributed by atoms with Gasteiger partial charge >= 0.3 is 6.03 Å². The van der Waals surface area contributed by atoms with E-state index in [0.29, 0.717) is 6.54 Å². The molecule has 0 aliphatic heterocycles. The summed E-state index contributed by atoms with van der Waals surface area (Å²) in [6.45, 7) is 2.30. The van der Waals surface area contributed by atoms with Crippen LogP contribution >= 0.6 is 0 Å². The van der Waals surface area contributed by atoms with Gasteiger partial charge in [-0.25, -0.2) is 9.78 Å². The minimum atomic E-state index is -0.0118. The molecule has 3 aromatic rings. The van der Waals surface area contributed by atoms with Gasteiger partial charge in [-0.05, 0) is 30.4 Å². The van der Waals surface area contributed by atoms with Crippen molar-refractivity contribution in [1.29, 1.82) is 0 Å². The van der Waals surface area contributed by atoms with E-state index in [1.165, 1.54) is 10.9 Å². The molecule has 26 heavy (non-hydrogen) atoms. The molecule has 0 bridgehead atoms. The number of nitrogens with one attached hydrogen (secondary N) is 1. The van der Waals surface area contributed by atoms with Crippen LogP contribution in [0.1, 0.15) is 18.7 Å². The fraction of sp³-hybridized carbons (Fsp3) is 0.400. The number of benzene rings is 1. The van der Waals surface area contributed by atoms with Crippen LogP contribution in [0.3, 0.4) is 0 Å². The first-order valence-corrected chi connectivity index (χ1v) is 9.14. The van der Waals surface area contributed by atoms with Gasteiger partial charge in [0.1, 0.15) is 5.82 Å². The lowest BCUT2D eigenvalue weighted by Gasteiger charge is -2.18. The number of carbonyl (C=O) groups is 1. The predicted molar refractivity (Wildman–Crippen MR) is 104 cm³/mol. The summed E-state index contributed by atoms with van der Waals surface area (Å²) in [5.74, 6) is 1.05. The minimum absolute atomic E-state index is 0.0118. The van der Waals surface area contributed by atoms with Crippen LogP contribution in [0, 0.1) is 0 Å². The molecule has 2 heterocycles. The molecular formula is C20H27N5O. The molecule has 0 fully saturated rings. The van der Waals surface area contributed by atoms with E-state index < -0.39 is 0 Å². The molecule has 0 spiro atoms. The summed E-state index contributed by atoms with van der Waals surface area (Å²) >= 11 is 0. The monoisotopic (exact) mass is 353 g/mol. The first-order chi connectivity index (χ1) is 12.6. The molecule has 3 rings (SSSR count). The van der Waals surface area contributed by atoms with Crippen molar-refractivity contribution in [2.24, 2.45) is 7.05 Å². The van der Waals surface area contributed by atoms with Crippen molar-refractivity contribution in [3.8, 4) is 0 Å². The third kappa shape index (κ3) is 4.45. The van der Waals surface area contributed by atoms with E-state index >= 15 is 0 Å². The molecular weight excluding hydrogens is 326 g/mol. The summed E-state index contributed by atoms with van der Waals surface area (Å²) in [7, 11) is 3.83. The molecule has 1 aromatic carbocycles. The van der Waals surface area contributed by atoms with Gasteiger partial charge in [0.25, 0.3) is 0 Å². The largest absolute Gasteiger partial charge is 0.347 e. The second-order valence-corrected chi connectivity index (χ2v) is 6.63. The standard InChI is InChI=1S/C20H27N5O/c1-23-16-12-21-19(23)9-5-13-24(2)20(26)22-11-6-14-25-15-10-17-7-3-4-8-18(17)25/h3-4,7-8,10,12,15-16H,5-6,9,11,13-14H2,1-2H3,(H,22,26). The lowest BCUT2D eigenvalue weighted by Crippen LogP contribution is -2.38. The van der Waals surface area contributed by atoms with E-state index in [0.717, 1.165) is 38.2 Å². The number of carbonyl (C=O) groups excluding carboxylic acids is 1. The maximum absolute atomic E-state index is 12.2. The first-order valence-electron chi connectivity index (χ1n) is 9.14. The quantitative estimate of drug-likeness (QED) is 0.633. The third-order valence-corrected chi connectivity index (χ3v) is 4.69.